The van der Waals surface area contributed by atoms with E-state index < -0.39 is 0 Å². The van der Waals surface area contributed by atoms with Gasteiger partial charge in [-0.1, -0.05) is 67.8 Å². The highest BCUT2D eigenvalue weighted by Gasteiger charge is 2.31. The molecular formula is C20H22O. The molecule has 1 heteroatoms. The first-order valence-electron chi connectivity index (χ1n) is 7.94. The minimum absolute atomic E-state index is 0.201. The SMILES string of the molecule is CCCCC1Cc2cccc(-c3ccc(C)cc3)c2C1=O. The molecule has 0 fully saturated rings. The maximum Gasteiger partial charge on any atom is 0.167 e. The van der Waals surface area contributed by atoms with Gasteiger partial charge in [0.2, 0.25) is 0 Å². The summed E-state index contributed by atoms with van der Waals surface area (Å²) in [5, 5.41) is 0. The Balaban J connectivity index is 1.98. The van der Waals surface area contributed by atoms with Crippen LogP contribution in [0.2, 0.25) is 0 Å². The lowest BCUT2D eigenvalue weighted by Gasteiger charge is -2.09. The fourth-order valence-electron chi connectivity index (χ4n) is 3.28. The summed E-state index contributed by atoms with van der Waals surface area (Å²) in [6, 6.07) is 14.8. The number of hydrogen-bond acceptors (Lipinski definition) is 1. The zero-order valence-electron chi connectivity index (χ0n) is 12.9. The predicted molar refractivity (Wildman–Crippen MR) is 87.7 cm³/mol. The van der Waals surface area contributed by atoms with Crippen molar-refractivity contribution in [2.24, 2.45) is 5.92 Å². The minimum atomic E-state index is 0.201. The van der Waals surface area contributed by atoms with Crippen molar-refractivity contribution in [2.45, 2.75) is 39.5 Å². The second-order valence-corrected chi connectivity index (χ2v) is 6.11. The van der Waals surface area contributed by atoms with Gasteiger partial charge in [0.05, 0.1) is 0 Å². The highest BCUT2D eigenvalue weighted by Crippen LogP contribution is 2.36. The van der Waals surface area contributed by atoms with Crippen LogP contribution >= 0.6 is 0 Å². The van der Waals surface area contributed by atoms with E-state index in [-0.39, 0.29) is 5.92 Å². The van der Waals surface area contributed by atoms with Gasteiger partial charge in [-0.2, -0.15) is 0 Å². The monoisotopic (exact) mass is 278 g/mol. The smallest absolute Gasteiger partial charge is 0.167 e. The summed E-state index contributed by atoms with van der Waals surface area (Å²) in [5.74, 6) is 0.557. The summed E-state index contributed by atoms with van der Waals surface area (Å²) in [6.07, 6.45) is 4.25. The number of ketones is 1. The van der Waals surface area contributed by atoms with E-state index in [1.54, 1.807) is 0 Å². The van der Waals surface area contributed by atoms with Crippen LogP contribution in [0.25, 0.3) is 11.1 Å². The van der Waals surface area contributed by atoms with Crippen LogP contribution in [0.5, 0.6) is 0 Å². The number of rotatable bonds is 4. The molecule has 1 aliphatic rings. The van der Waals surface area contributed by atoms with E-state index in [1.165, 1.54) is 11.1 Å². The number of aryl methyl sites for hydroxylation is 1. The van der Waals surface area contributed by atoms with Gasteiger partial charge < -0.3 is 0 Å². The van der Waals surface area contributed by atoms with Gasteiger partial charge in [0.15, 0.2) is 5.78 Å². The van der Waals surface area contributed by atoms with Crippen molar-refractivity contribution in [3.63, 3.8) is 0 Å². The van der Waals surface area contributed by atoms with E-state index in [0.717, 1.165) is 42.4 Å². The van der Waals surface area contributed by atoms with Crippen LogP contribution in [0.4, 0.5) is 0 Å². The highest BCUT2D eigenvalue weighted by molar-refractivity contribution is 6.07. The first-order valence-corrected chi connectivity index (χ1v) is 7.94. The van der Waals surface area contributed by atoms with Gasteiger partial charge in [0.25, 0.3) is 0 Å². The van der Waals surface area contributed by atoms with Gasteiger partial charge in [0, 0.05) is 11.5 Å². The first kappa shape index (κ1) is 14.1. The second-order valence-electron chi connectivity index (χ2n) is 6.11. The number of Topliss-reactive ketones (excluding diaryl/α,β-unsaturated/α-hetero) is 1. The molecule has 1 atom stereocenters. The standard InChI is InChI=1S/C20H22O/c1-3-4-6-17-13-16-7-5-8-18(19(16)20(17)21)15-11-9-14(2)10-12-15/h5,7-12,17H,3-4,6,13H2,1-2H3. The number of unbranched alkanes of at least 4 members (excludes halogenated alkanes) is 1. The number of benzene rings is 2. The average molecular weight is 278 g/mol. The van der Waals surface area contributed by atoms with Crippen LogP contribution in [0.3, 0.4) is 0 Å². The van der Waals surface area contributed by atoms with Crippen LogP contribution in [-0.2, 0) is 6.42 Å². The van der Waals surface area contributed by atoms with Crippen LogP contribution in [-0.4, -0.2) is 5.78 Å². The van der Waals surface area contributed by atoms with Crippen molar-refractivity contribution in [1.82, 2.24) is 0 Å². The number of carbonyl (C=O) groups excluding carboxylic acids is 1. The van der Waals surface area contributed by atoms with E-state index in [4.69, 9.17) is 0 Å². The van der Waals surface area contributed by atoms with Crippen LogP contribution in [0, 0.1) is 12.8 Å². The molecule has 0 heterocycles. The second kappa shape index (κ2) is 5.85. The van der Waals surface area contributed by atoms with E-state index >= 15 is 0 Å². The molecular weight excluding hydrogens is 256 g/mol. The molecule has 0 bridgehead atoms. The Morgan fingerprint density at radius 3 is 2.57 bits per heavy atom. The topological polar surface area (TPSA) is 17.1 Å². The molecule has 0 radical (unpaired) electrons. The third-order valence-corrected chi connectivity index (χ3v) is 4.50. The Bertz CT molecular complexity index is 652. The summed E-state index contributed by atoms with van der Waals surface area (Å²) in [7, 11) is 0. The van der Waals surface area contributed by atoms with Crippen LogP contribution in [0.1, 0.15) is 47.7 Å². The van der Waals surface area contributed by atoms with Crippen molar-refractivity contribution in [2.75, 3.05) is 0 Å². The largest absolute Gasteiger partial charge is 0.294 e. The molecule has 1 unspecified atom stereocenters. The van der Waals surface area contributed by atoms with Gasteiger partial charge in [0.1, 0.15) is 0 Å². The van der Waals surface area contributed by atoms with Crippen LogP contribution in [0.15, 0.2) is 42.5 Å². The van der Waals surface area contributed by atoms with Gasteiger partial charge in [-0.15, -0.1) is 0 Å². The molecule has 0 N–H and O–H groups in total. The molecule has 108 valence electrons. The number of hydrogen-bond donors (Lipinski definition) is 0. The van der Waals surface area contributed by atoms with Gasteiger partial charge in [-0.05, 0) is 36.5 Å². The summed E-state index contributed by atoms with van der Waals surface area (Å²) in [5.41, 5.74) is 5.72. The maximum absolute atomic E-state index is 12.8. The molecule has 0 aliphatic heterocycles. The predicted octanol–water partition coefficient (Wildman–Crippen LogP) is 5.21. The zero-order chi connectivity index (χ0) is 14.8. The first-order chi connectivity index (χ1) is 10.2. The van der Waals surface area contributed by atoms with Gasteiger partial charge >= 0.3 is 0 Å². The number of carbonyl (C=O) groups is 1. The van der Waals surface area contributed by atoms with E-state index in [9.17, 15) is 4.79 Å². The molecule has 0 aromatic heterocycles. The lowest BCUT2D eigenvalue weighted by molar-refractivity contribution is 0.0930. The molecule has 21 heavy (non-hydrogen) atoms. The van der Waals surface area contributed by atoms with Gasteiger partial charge in [-0.3, -0.25) is 4.79 Å². The molecule has 3 rings (SSSR count). The summed E-state index contributed by atoms with van der Waals surface area (Å²) in [4.78, 5) is 12.8. The normalized spacial score (nSPS) is 17.0. The fraction of sp³-hybridized carbons (Fsp3) is 0.350. The minimum Gasteiger partial charge on any atom is -0.294 e. The van der Waals surface area contributed by atoms with Crippen molar-refractivity contribution >= 4 is 5.78 Å². The maximum atomic E-state index is 12.8. The van der Waals surface area contributed by atoms with Crippen molar-refractivity contribution in [3.05, 3.63) is 59.2 Å². The molecule has 2 aromatic rings. The summed E-state index contributed by atoms with van der Waals surface area (Å²) < 4.78 is 0. The fourth-order valence-corrected chi connectivity index (χ4v) is 3.28. The Hall–Kier alpha value is -1.89. The third kappa shape index (κ3) is 2.65. The molecule has 2 aromatic carbocycles. The number of fused-ring (bicyclic) bond motifs is 1. The Morgan fingerprint density at radius 1 is 1.10 bits per heavy atom. The average Bonchev–Trinajstić information content (AvgIpc) is 2.82. The molecule has 0 saturated heterocycles. The van der Waals surface area contributed by atoms with Crippen LogP contribution < -0.4 is 0 Å². The van der Waals surface area contributed by atoms with E-state index in [0.29, 0.717) is 5.78 Å². The molecule has 0 spiro atoms. The van der Waals surface area contributed by atoms with E-state index in [1.807, 2.05) is 0 Å². The third-order valence-electron chi connectivity index (χ3n) is 4.50. The summed E-state index contributed by atoms with van der Waals surface area (Å²) >= 11 is 0. The van der Waals surface area contributed by atoms with E-state index in [2.05, 4.69) is 56.3 Å². The molecule has 1 nitrogen and oxygen atoms in total. The lowest BCUT2D eigenvalue weighted by atomic mass is 9.94. The van der Waals surface area contributed by atoms with Crippen molar-refractivity contribution in [3.8, 4) is 11.1 Å². The Morgan fingerprint density at radius 2 is 1.86 bits per heavy atom. The van der Waals surface area contributed by atoms with Crippen molar-refractivity contribution in [1.29, 1.82) is 0 Å². The zero-order valence-corrected chi connectivity index (χ0v) is 12.9. The molecule has 1 aliphatic carbocycles. The molecule has 0 saturated carbocycles. The van der Waals surface area contributed by atoms with Gasteiger partial charge in [-0.25, -0.2) is 0 Å². The molecule has 0 amide bonds. The Kier molecular flexibility index (Phi) is 3.92. The lowest BCUT2D eigenvalue weighted by Crippen LogP contribution is -2.09. The highest BCUT2D eigenvalue weighted by atomic mass is 16.1. The van der Waals surface area contributed by atoms with Crippen molar-refractivity contribution < 1.29 is 4.79 Å². The quantitative estimate of drug-likeness (QED) is 0.750. The Labute approximate surface area is 127 Å². The summed E-state index contributed by atoms with van der Waals surface area (Å²) in [6.45, 7) is 4.27.